The van der Waals surface area contributed by atoms with Crippen molar-refractivity contribution in [2.75, 3.05) is 0 Å². The Bertz CT molecular complexity index is 357. The Balaban J connectivity index is 3.22. The molecule has 0 fully saturated rings. The predicted octanol–water partition coefficient (Wildman–Crippen LogP) is 0.950. The zero-order chi connectivity index (χ0) is 10.2. The van der Waals surface area contributed by atoms with Crippen molar-refractivity contribution in [2.24, 2.45) is 7.05 Å². The third-order valence-electron chi connectivity index (χ3n) is 1.70. The lowest BCUT2D eigenvalue weighted by Crippen LogP contribution is -2.31. The molecule has 2 N–H and O–H groups in total. The van der Waals surface area contributed by atoms with Crippen molar-refractivity contribution in [1.82, 2.24) is 14.8 Å². The Morgan fingerprint density at radius 3 is 2.54 bits per heavy atom. The van der Waals surface area contributed by atoms with E-state index < -0.39 is 17.9 Å². The average molecular weight is 209 g/mol. The molecule has 0 aliphatic carbocycles. The third kappa shape index (κ3) is 1.61. The molecule has 0 radical (unpaired) electrons. The number of H-pyrrole nitrogens is 1. The summed E-state index contributed by atoms with van der Waals surface area (Å²) in [5.74, 6) is -3.95. The van der Waals surface area contributed by atoms with Crippen LogP contribution in [0.2, 0.25) is 0 Å². The number of rotatable bonds is 2. The standard InChI is InChI=1S/C6H9F2N3OS/c1-3(12)6(7,8)4-9-10-5(13)11(4)2/h3,12H,1-2H3,(H,10,13). The summed E-state index contributed by atoms with van der Waals surface area (Å²) in [5.41, 5.74) is 0. The van der Waals surface area contributed by atoms with Gasteiger partial charge in [0.25, 0.3) is 0 Å². The van der Waals surface area contributed by atoms with E-state index in [1.165, 1.54) is 7.05 Å². The van der Waals surface area contributed by atoms with Gasteiger partial charge in [-0.1, -0.05) is 0 Å². The lowest BCUT2D eigenvalue weighted by molar-refractivity contribution is -0.114. The monoisotopic (exact) mass is 209 g/mol. The van der Waals surface area contributed by atoms with E-state index in [0.717, 1.165) is 11.5 Å². The number of alkyl halides is 2. The molecule has 0 aromatic carbocycles. The van der Waals surface area contributed by atoms with Gasteiger partial charge < -0.3 is 9.67 Å². The van der Waals surface area contributed by atoms with Crippen molar-refractivity contribution in [3.63, 3.8) is 0 Å². The van der Waals surface area contributed by atoms with Gasteiger partial charge in [0, 0.05) is 7.05 Å². The van der Waals surface area contributed by atoms with E-state index in [9.17, 15) is 8.78 Å². The minimum Gasteiger partial charge on any atom is -0.387 e. The van der Waals surface area contributed by atoms with Crippen LogP contribution in [0.25, 0.3) is 0 Å². The van der Waals surface area contributed by atoms with Crippen molar-refractivity contribution >= 4 is 12.2 Å². The van der Waals surface area contributed by atoms with Crippen molar-refractivity contribution in [3.05, 3.63) is 10.6 Å². The fourth-order valence-electron chi connectivity index (χ4n) is 0.832. The number of aromatic nitrogens is 3. The first-order valence-corrected chi connectivity index (χ1v) is 3.96. The number of hydrogen-bond donors (Lipinski definition) is 2. The minimum atomic E-state index is -3.39. The highest BCUT2D eigenvalue weighted by Gasteiger charge is 2.42. The van der Waals surface area contributed by atoms with E-state index in [4.69, 9.17) is 5.11 Å². The van der Waals surface area contributed by atoms with Gasteiger partial charge in [0.15, 0.2) is 4.77 Å². The van der Waals surface area contributed by atoms with Crippen LogP contribution in [0.15, 0.2) is 0 Å². The molecule has 1 rings (SSSR count). The summed E-state index contributed by atoms with van der Waals surface area (Å²) in [6.45, 7) is 0.998. The van der Waals surface area contributed by atoms with Crippen LogP contribution in [-0.2, 0) is 13.0 Å². The summed E-state index contributed by atoms with van der Waals surface area (Å²) in [5, 5.41) is 14.4. The highest BCUT2D eigenvalue weighted by atomic mass is 32.1. The Morgan fingerprint density at radius 1 is 1.69 bits per heavy atom. The molecule has 0 aliphatic rings. The lowest BCUT2D eigenvalue weighted by atomic mass is 10.2. The number of nitrogens with zero attached hydrogens (tertiary/aromatic N) is 2. The van der Waals surface area contributed by atoms with Crippen LogP contribution in [0.1, 0.15) is 12.7 Å². The van der Waals surface area contributed by atoms with Crippen molar-refractivity contribution < 1.29 is 13.9 Å². The largest absolute Gasteiger partial charge is 0.387 e. The number of hydrogen-bond acceptors (Lipinski definition) is 3. The normalized spacial score (nSPS) is 14.5. The predicted molar refractivity (Wildman–Crippen MR) is 44.0 cm³/mol. The molecule has 1 aromatic heterocycles. The summed E-state index contributed by atoms with van der Waals surface area (Å²) in [4.78, 5) is 0. The van der Waals surface area contributed by atoms with Gasteiger partial charge >= 0.3 is 5.92 Å². The number of nitrogens with one attached hydrogen (secondary N) is 1. The van der Waals surface area contributed by atoms with Crippen LogP contribution in [0.3, 0.4) is 0 Å². The summed E-state index contributed by atoms with van der Waals surface area (Å²) in [6, 6.07) is 0. The molecule has 7 heteroatoms. The maximum atomic E-state index is 13.2. The number of aliphatic hydroxyl groups excluding tert-OH is 1. The van der Waals surface area contributed by atoms with Crippen LogP contribution >= 0.6 is 12.2 Å². The van der Waals surface area contributed by atoms with Crippen molar-refractivity contribution in [1.29, 1.82) is 0 Å². The zero-order valence-corrected chi connectivity index (χ0v) is 7.90. The Kier molecular flexibility index (Phi) is 2.49. The number of halogens is 2. The summed E-state index contributed by atoms with van der Waals surface area (Å²) in [6.07, 6.45) is -1.80. The first-order valence-electron chi connectivity index (χ1n) is 3.55. The van der Waals surface area contributed by atoms with Crippen molar-refractivity contribution in [3.8, 4) is 0 Å². The maximum absolute atomic E-state index is 13.2. The van der Waals surface area contributed by atoms with Gasteiger partial charge in [-0.15, -0.1) is 0 Å². The molecule has 1 heterocycles. The molecule has 0 spiro atoms. The number of aromatic amines is 1. The topological polar surface area (TPSA) is 53.8 Å². The quantitative estimate of drug-likeness (QED) is 0.713. The van der Waals surface area contributed by atoms with Gasteiger partial charge in [0.1, 0.15) is 6.10 Å². The van der Waals surface area contributed by atoms with Crippen LogP contribution in [0.5, 0.6) is 0 Å². The summed E-state index contributed by atoms with van der Waals surface area (Å²) in [7, 11) is 1.36. The van der Waals surface area contributed by atoms with Gasteiger partial charge in [0.2, 0.25) is 5.82 Å². The van der Waals surface area contributed by atoms with Crippen LogP contribution in [0, 0.1) is 4.77 Å². The highest BCUT2D eigenvalue weighted by Crippen LogP contribution is 2.29. The second kappa shape index (κ2) is 3.15. The molecule has 4 nitrogen and oxygen atoms in total. The fraction of sp³-hybridized carbons (Fsp3) is 0.667. The number of aliphatic hydroxyl groups is 1. The van der Waals surface area contributed by atoms with Crippen LogP contribution in [-0.4, -0.2) is 26.0 Å². The molecule has 0 saturated carbocycles. The van der Waals surface area contributed by atoms with Gasteiger partial charge in [-0.3, -0.25) is 5.10 Å². The second-order valence-corrected chi connectivity index (χ2v) is 3.10. The van der Waals surface area contributed by atoms with E-state index in [2.05, 4.69) is 22.4 Å². The second-order valence-electron chi connectivity index (χ2n) is 2.71. The van der Waals surface area contributed by atoms with E-state index in [-0.39, 0.29) is 4.77 Å². The highest BCUT2D eigenvalue weighted by molar-refractivity contribution is 7.71. The van der Waals surface area contributed by atoms with Crippen LogP contribution < -0.4 is 0 Å². The molecule has 74 valence electrons. The van der Waals surface area contributed by atoms with E-state index in [1.54, 1.807) is 0 Å². The minimum absolute atomic E-state index is 0.0929. The van der Waals surface area contributed by atoms with Gasteiger partial charge in [-0.05, 0) is 19.1 Å². The smallest absolute Gasteiger partial charge is 0.331 e. The first kappa shape index (κ1) is 10.3. The third-order valence-corrected chi connectivity index (χ3v) is 2.07. The first-order chi connectivity index (χ1) is 5.87. The molecule has 0 bridgehead atoms. The van der Waals surface area contributed by atoms with Crippen LogP contribution in [0.4, 0.5) is 8.78 Å². The molecule has 1 unspecified atom stereocenters. The summed E-state index contributed by atoms with van der Waals surface area (Å²) < 4.78 is 27.4. The Hall–Kier alpha value is -0.820. The van der Waals surface area contributed by atoms with E-state index in [1.807, 2.05) is 0 Å². The summed E-state index contributed by atoms with van der Waals surface area (Å²) >= 11 is 4.66. The molecule has 1 atom stereocenters. The average Bonchev–Trinajstić information content (AvgIpc) is 2.33. The molecule has 0 aliphatic heterocycles. The SMILES string of the molecule is CC(O)C(F)(F)c1n[nH]c(=S)n1C. The maximum Gasteiger partial charge on any atom is 0.331 e. The van der Waals surface area contributed by atoms with Gasteiger partial charge in [-0.25, -0.2) is 0 Å². The molecule has 0 saturated heterocycles. The molecule has 1 aromatic rings. The van der Waals surface area contributed by atoms with E-state index in [0.29, 0.717) is 0 Å². The van der Waals surface area contributed by atoms with Crippen molar-refractivity contribution in [2.45, 2.75) is 19.0 Å². The zero-order valence-electron chi connectivity index (χ0n) is 7.08. The fourth-order valence-corrected chi connectivity index (χ4v) is 0.964. The van der Waals surface area contributed by atoms with Gasteiger partial charge in [-0.2, -0.15) is 13.9 Å². The molecular formula is C6H9F2N3OS. The molecule has 13 heavy (non-hydrogen) atoms. The molecule has 0 amide bonds. The lowest BCUT2D eigenvalue weighted by Gasteiger charge is -2.17. The van der Waals surface area contributed by atoms with Gasteiger partial charge in [0.05, 0.1) is 0 Å². The Morgan fingerprint density at radius 2 is 2.23 bits per heavy atom. The Labute approximate surface area is 78.2 Å². The van der Waals surface area contributed by atoms with E-state index >= 15 is 0 Å². The molecular weight excluding hydrogens is 200 g/mol.